The molecular weight excluding hydrogens is 232 g/mol. The molecule has 0 aromatic carbocycles. The number of aromatic nitrogens is 2. The van der Waals surface area contributed by atoms with Crippen LogP contribution in [-0.4, -0.2) is 33.7 Å². The Balaban J connectivity index is 1.87. The van der Waals surface area contributed by atoms with Crippen molar-refractivity contribution in [3.63, 3.8) is 0 Å². The number of rotatable bonds is 3. The van der Waals surface area contributed by atoms with Crippen LogP contribution < -0.4 is 0 Å². The first-order chi connectivity index (χ1) is 8.72. The molecule has 0 bridgehead atoms. The molecule has 5 heteroatoms. The van der Waals surface area contributed by atoms with Crippen LogP contribution in [0.15, 0.2) is 24.5 Å². The number of carboxylic acids is 1. The predicted octanol–water partition coefficient (Wildman–Crippen LogP) is 1.61. The zero-order valence-corrected chi connectivity index (χ0v) is 9.87. The van der Waals surface area contributed by atoms with E-state index < -0.39 is 5.97 Å². The van der Waals surface area contributed by atoms with E-state index in [4.69, 9.17) is 9.84 Å². The highest BCUT2D eigenvalue weighted by atomic mass is 16.5. The van der Waals surface area contributed by atoms with Gasteiger partial charge in [0.15, 0.2) is 0 Å². The molecule has 0 amide bonds. The minimum Gasteiger partial charge on any atom is -0.478 e. The molecular formula is C13H14N2O3. The standard InChI is InChI=1S/C13H14N2O3/c16-13(17)10-1-3-15-7-11(14-12(15)6-10)5-9-2-4-18-8-9/h1,3,6-7,9H,2,4-5,8H2,(H,16,17). The van der Waals surface area contributed by atoms with Gasteiger partial charge in [-0.05, 0) is 30.9 Å². The van der Waals surface area contributed by atoms with E-state index in [-0.39, 0.29) is 5.56 Å². The molecule has 0 saturated carbocycles. The van der Waals surface area contributed by atoms with Gasteiger partial charge in [0.2, 0.25) is 0 Å². The minimum atomic E-state index is -0.925. The Morgan fingerprint density at radius 3 is 3.22 bits per heavy atom. The van der Waals surface area contributed by atoms with Gasteiger partial charge in [-0.25, -0.2) is 9.78 Å². The Morgan fingerprint density at radius 1 is 1.61 bits per heavy atom. The van der Waals surface area contributed by atoms with Crippen molar-refractivity contribution in [2.24, 2.45) is 5.92 Å². The van der Waals surface area contributed by atoms with Crippen molar-refractivity contribution in [1.82, 2.24) is 9.38 Å². The quantitative estimate of drug-likeness (QED) is 0.893. The normalized spacial score (nSPS) is 19.4. The number of aromatic carboxylic acids is 1. The summed E-state index contributed by atoms with van der Waals surface area (Å²) in [5, 5.41) is 8.93. The number of hydrogen-bond acceptors (Lipinski definition) is 3. The summed E-state index contributed by atoms with van der Waals surface area (Å²) < 4.78 is 7.20. The SMILES string of the molecule is O=C(O)c1ccn2cc(CC3CCOC3)nc2c1. The molecule has 3 heterocycles. The fraction of sp³-hybridized carbons (Fsp3) is 0.385. The second kappa shape index (κ2) is 4.42. The van der Waals surface area contributed by atoms with Crippen LogP contribution in [0.1, 0.15) is 22.5 Å². The van der Waals surface area contributed by atoms with Crippen LogP contribution in [0.3, 0.4) is 0 Å². The van der Waals surface area contributed by atoms with Gasteiger partial charge in [0.05, 0.1) is 11.3 Å². The molecule has 1 aliphatic rings. The third-order valence-corrected chi connectivity index (χ3v) is 3.28. The lowest BCUT2D eigenvalue weighted by Gasteiger charge is -2.02. The van der Waals surface area contributed by atoms with Crippen molar-refractivity contribution in [2.45, 2.75) is 12.8 Å². The smallest absolute Gasteiger partial charge is 0.335 e. The molecule has 3 rings (SSSR count). The number of imidazole rings is 1. The van der Waals surface area contributed by atoms with Crippen LogP contribution in [0.2, 0.25) is 0 Å². The molecule has 18 heavy (non-hydrogen) atoms. The number of pyridine rings is 1. The van der Waals surface area contributed by atoms with E-state index in [1.165, 1.54) is 0 Å². The lowest BCUT2D eigenvalue weighted by molar-refractivity contribution is 0.0697. The van der Waals surface area contributed by atoms with Crippen molar-refractivity contribution in [2.75, 3.05) is 13.2 Å². The van der Waals surface area contributed by atoms with Crippen molar-refractivity contribution in [1.29, 1.82) is 0 Å². The average Bonchev–Trinajstić information content (AvgIpc) is 2.96. The highest BCUT2D eigenvalue weighted by molar-refractivity contribution is 5.88. The van der Waals surface area contributed by atoms with E-state index in [0.717, 1.165) is 31.7 Å². The van der Waals surface area contributed by atoms with Gasteiger partial charge in [0.1, 0.15) is 5.65 Å². The molecule has 1 fully saturated rings. The van der Waals surface area contributed by atoms with Crippen LogP contribution in [0.25, 0.3) is 5.65 Å². The van der Waals surface area contributed by atoms with E-state index in [2.05, 4.69) is 4.98 Å². The van der Waals surface area contributed by atoms with E-state index in [1.54, 1.807) is 18.3 Å². The molecule has 1 atom stereocenters. The molecule has 0 spiro atoms. The second-order valence-corrected chi connectivity index (χ2v) is 4.65. The largest absolute Gasteiger partial charge is 0.478 e. The topological polar surface area (TPSA) is 63.8 Å². The van der Waals surface area contributed by atoms with Gasteiger partial charge < -0.3 is 14.2 Å². The minimum absolute atomic E-state index is 0.267. The molecule has 5 nitrogen and oxygen atoms in total. The highest BCUT2D eigenvalue weighted by Crippen LogP contribution is 2.18. The summed E-state index contributed by atoms with van der Waals surface area (Å²) in [5.74, 6) is -0.389. The van der Waals surface area contributed by atoms with Gasteiger partial charge >= 0.3 is 5.97 Å². The van der Waals surface area contributed by atoms with Gasteiger partial charge in [0, 0.05) is 25.6 Å². The fourth-order valence-corrected chi connectivity index (χ4v) is 2.31. The van der Waals surface area contributed by atoms with Crippen LogP contribution in [0.4, 0.5) is 0 Å². The third-order valence-electron chi connectivity index (χ3n) is 3.28. The fourth-order valence-electron chi connectivity index (χ4n) is 2.31. The molecule has 1 N–H and O–H groups in total. The summed E-state index contributed by atoms with van der Waals surface area (Å²) in [6, 6.07) is 3.18. The highest BCUT2D eigenvalue weighted by Gasteiger charge is 2.17. The summed E-state index contributed by atoms with van der Waals surface area (Å²) in [5.41, 5.74) is 1.95. The van der Waals surface area contributed by atoms with E-state index in [0.29, 0.717) is 11.6 Å². The monoisotopic (exact) mass is 246 g/mol. The van der Waals surface area contributed by atoms with E-state index >= 15 is 0 Å². The van der Waals surface area contributed by atoms with Crippen LogP contribution in [-0.2, 0) is 11.2 Å². The number of carbonyl (C=O) groups is 1. The third kappa shape index (κ3) is 2.09. The second-order valence-electron chi connectivity index (χ2n) is 4.65. The molecule has 2 aromatic rings. The molecule has 1 aliphatic heterocycles. The zero-order chi connectivity index (χ0) is 12.5. The Hall–Kier alpha value is -1.88. The van der Waals surface area contributed by atoms with Crippen LogP contribution in [0.5, 0.6) is 0 Å². The number of nitrogens with zero attached hydrogens (tertiary/aromatic N) is 2. The van der Waals surface area contributed by atoms with Gasteiger partial charge in [-0.1, -0.05) is 0 Å². The maximum absolute atomic E-state index is 10.9. The van der Waals surface area contributed by atoms with E-state index in [1.807, 2.05) is 10.6 Å². The number of fused-ring (bicyclic) bond motifs is 1. The Labute approximate surface area is 104 Å². The summed E-state index contributed by atoms with van der Waals surface area (Å²) in [6.45, 7) is 1.63. The van der Waals surface area contributed by atoms with Crippen molar-refractivity contribution in [3.8, 4) is 0 Å². The maximum Gasteiger partial charge on any atom is 0.335 e. The first-order valence-electron chi connectivity index (χ1n) is 6.01. The molecule has 2 aromatic heterocycles. The molecule has 1 unspecified atom stereocenters. The summed E-state index contributed by atoms with van der Waals surface area (Å²) in [6.07, 6.45) is 5.66. The lowest BCUT2D eigenvalue weighted by atomic mass is 10.0. The van der Waals surface area contributed by atoms with Crippen molar-refractivity contribution in [3.05, 3.63) is 35.8 Å². The summed E-state index contributed by atoms with van der Waals surface area (Å²) in [7, 11) is 0. The Bertz CT molecular complexity index is 585. The predicted molar refractivity (Wildman–Crippen MR) is 64.8 cm³/mol. The summed E-state index contributed by atoms with van der Waals surface area (Å²) >= 11 is 0. The number of hydrogen-bond donors (Lipinski definition) is 1. The molecule has 0 radical (unpaired) electrons. The number of carboxylic acid groups (broad SMARTS) is 1. The lowest BCUT2D eigenvalue weighted by Crippen LogP contribution is -2.03. The first-order valence-corrected chi connectivity index (χ1v) is 6.01. The first kappa shape index (κ1) is 11.2. The van der Waals surface area contributed by atoms with Gasteiger partial charge in [-0.15, -0.1) is 0 Å². The Kier molecular flexibility index (Phi) is 2.76. The van der Waals surface area contributed by atoms with E-state index in [9.17, 15) is 4.79 Å². The van der Waals surface area contributed by atoms with Crippen LogP contribution >= 0.6 is 0 Å². The van der Waals surface area contributed by atoms with Gasteiger partial charge in [-0.3, -0.25) is 0 Å². The van der Waals surface area contributed by atoms with Gasteiger partial charge in [-0.2, -0.15) is 0 Å². The summed E-state index contributed by atoms with van der Waals surface area (Å²) in [4.78, 5) is 15.3. The molecule has 1 saturated heterocycles. The average molecular weight is 246 g/mol. The van der Waals surface area contributed by atoms with Gasteiger partial charge in [0.25, 0.3) is 0 Å². The zero-order valence-electron chi connectivity index (χ0n) is 9.87. The Morgan fingerprint density at radius 2 is 2.50 bits per heavy atom. The maximum atomic E-state index is 10.9. The number of ether oxygens (including phenoxy) is 1. The van der Waals surface area contributed by atoms with Crippen LogP contribution in [0, 0.1) is 5.92 Å². The van der Waals surface area contributed by atoms with Crippen molar-refractivity contribution >= 4 is 11.6 Å². The molecule has 0 aliphatic carbocycles. The molecule has 94 valence electrons. The van der Waals surface area contributed by atoms with Crippen molar-refractivity contribution < 1.29 is 14.6 Å².